The fourth-order valence-corrected chi connectivity index (χ4v) is 4.17. The minimum absolute atomic E-state index is 0.104. The highest BCUT2D eigenvalue weighted by molar-refractivity contribution is 5.99. The summed E-state index contributed by atoms with van der Waals surface area (Å²) in [6.45, 7) is 3.71. The number of quaternary nitrogens is 1. The normalized spacial score (nSPS) is 13.7. The molecule has 2 aromatic carbocycles. The first-order valence-corrected chi connectivity index (χ1v) is 11.0. The standard InChI is InChI=1S/C23H23N3O2.C2HF3O2/c1-28-18-9-10-19-20(15-18)22(17-7-3-2-4-8-17)21(16-24)26(23(19)27)14-13-25-11-5-6-12-25;3-2(4,5)1(6)7/h2-4,7-10,15H,5-6,11-14H2,1H3;(H,6,7). The van der Waals surface area contributed by atoms with Crippen LogP contribution in [0.1, 0.15) is 18.5 Å². The van der Waals surface area contributed by atoms with E-state index in [0.717, 1.165) is 36.1 Å². The van der Waals surface area contributed by atoms with Gasteiger partial charge in [0, 0.05) is 29.2 Å². The molecular formula is C25H24F3N3O4. The van der Waals surface area contributed by atoms with Crippen molar-refractivity contribution in [1.82, 2.24) is 4.57 Å². The number of nitrogens with one attached hydrogen (secondary N) is 1. The number of carboxylic acids is 1. The van der Waals surface area contributed by atoms with Crippen LogP contribution in [-0.2, 0) is 11.3 Å². The summed E-state index contributed by atoms with van der Waals surface area (Å²) < 4.78 is 38.6. The van der Waals surface area contributed by atoms with Gasteiger partial charge in [0.25, 0.3) is 5.56 Å². The van der Waals surface area contributed by atoms with Crippen LogP contribution in [0.25, 0.3) is 21.9 Å². The van der Waals surface area contributed by atoms with Crippen LogP contribution in [0, 0.1) is 11.3 Å². The maximum atomic E-state index is 13.3. The zero-order chi connectivity index (χ0) is 25.6. The van der Waals surface area contributed by atoms with Gasteiger partial charge in [-0.05, 0) is 23.8 Å². The molecule has 0 saturated carbocycles. The summed E-state index contributed by atoms with van der Waals surface area (Å²) in [6.07, 6.45) is -2.72. The van der Waals surface area contributed by atoms with Gasteiger partial charge < -0.3 is 19.5 Å². The fraction of sp³-hybridized carbons (Fsp3) is 0.320. The third-order valence-corrected chi connectivity index (χ3v) is 5.88. The van der Waals surface area contributed by atoms with Crippen LogP contribution in [0.5, 0.6) is 5.75 Å². The van der Waals surface area contributed by atoms with Crippen LogP contribution >= 0.6 is 0 Å². The summed E-state index contributed by atoms with van der Waals surface area (Å²) >= 11 is 0. The number of aromatic nitrogens is 1. The van der Waals surface area contributed by atoms with Crippen LogP contribution in [0.3, 0.4) is 0 Å². The van der Waals surface area contributed by atoms with E-state index >= 15 is 0 Å². The largest absolute Gasteiger partial charge is 0.542 e. The molecule has 184 valence electrons. The molecule has 0 unspecified atom stereocenters. The Hall–Kier alpha value is -3.84. The second kappa shape index (κ2) is 11.1. The van der Waals surface area contributed by atoms with Gasteiger partial charge >= 0.3 is 6.18 Å². The smallest absolute Gasteiger partial charge is 0.430 e. The molecular weight excluding hydrogens is 463 g/mol. The number of ether oxygens (including phenoxy) is 1. The monoisotopic (exact) mass is 487 g/mol. The minimum atomic E-state index is -5.19. The molecule has 1 aliphatic heterocycles. The number of pyridine rings is 1. The average Bonchev–Trinajstić information content (AvgIpc) is 3.37. The summed E-state index contributed by atoms with van der Waals surface area (Å²) in [6, 6.07) is 17.6. The van der Waals surface area contributed by atoms with E-state index in [1.54, 1.807) is 17.7 Å². The predicted octanol–water partition coefficient (Wildman–Crippen LogP) is 1.53. The van der Waals surface area contributed by atoms with Crippen LogP contribution in [0.15, 0.2) is 53.3 Å². The van der Waals surface area contributed by atoms with Gasteiger partial charge in [0.05, 0.1) is 33.3 Å². The minimum Gasteiger partial charge on any atom is -0.542 e. The lowest BCUT2D eigenvalue weighted by atomic mass is 9.97. The van der Waals surface area contributed by atoms with Gasteiger partial charge in [0.15, 0.2) is 0 Å². The first kappa shape index (κ1) is 25.8. The van der Waals surface area contributed by atoms with Gasteiger partial charge in [-0.1, -0.05) is 30.3 Å². The molecule has 2 heterocycles. The lowest BCUT2D eigenvalue weighted by Crippen LogP contribution is -3.10. The molecule has 35 heavy (non-hydrogen) atoms. The Balaban J connectivity index is 0.000000429. The fourth-order valence-electron chi connectivity index (χ4n) is 4.17. The number of alkyl halides is 3. The van der Waals surface area contributed by atoms with Gasteiger partial charge in [-0.25, -0.2) is 0 Å². The summed E-state index contributed by atoms with van der Waals surface area (Å²) in [5.74, 6) is -2.33. The Kier molecular flexibility index (Phi) is 8.14. The molecule has 1 saturated heterocycles. The Labute approximate surface area is 199 Å². The molecule has 0 aliphatic carbocycles. The van der Waals surface area contributed by atoms with Crippen LogP contribution in [0.2, 0.25) is 0 Å². The molecule has 1 N–H and O–H groups in total. The summed E-state index contributed by atoms with van der Waals surface area (Å²) in [7, 11) is 1.61. The molecule has 0 spiro atoms. The maximum absolute atomic E-state index is 13.3. The Morgan fingerprint density at radius 2 is 1.77 bits per heavy atom. The molecule has 0 amide bonds. The zero-order valence-electron chi connectivity index (χ0n) is 19.0. The van der Waals surface area contributed by atoms with Gasteiger partial charge in [-0.3, -0.25) is 9.36 Å². The van der Waals surface area contributed by atoms with E-state index in [4.69, 9.17) is 14.6 Å². The number of benzene rings is 2. The second-order valence-corrected chi connectivity index (χ2v) is 8.06. The number of hydrogen-bond acceptors (Lipinski definition) is 5. The molecule has 0 atom stereocenters. The number of rotatable bonds is 5. The lowest BCUT2D eigenvalue weighted by molar-refractivity contribution is -0.888. The number of aliphatic carboxylic acids is 1. The molecule has 7 nitrogen and oxygen atoms in total. The molecule has 10 heteroatoms. The van der Waals surface area contributed by atoms with Gasteiger partial charge in [0.1, 0.15) is 23.5 Å². The van der Waals surface area contributed by atoms with Crippen molar-refractivity contribution >= 4 is 16.7 Å². The van der Waals surface area contributed by atoms with Crippen LogP contribution in [0.4, 0.5) is 13.2 Å². The average molecular weight is 487 g/mol. The third kappa shape index (κ3) is 6.00. The number of nitrogens with zero attached hydrogens (tertiary/aromatic N) is 2. The number of carbonyl (C=O) groups excluding carboxylic acids is 1. The van der Waals surface area contributed by atoms with Gasteiger partial charge in [-0.2, -0.15) is 18.4 Å². The highest BCUT2D eigenvalue weighted by Crippen LogP contribution is 2.32. The number of methoxy groups -OCH3 is 1. The van der Waals surface area contributed by atoms with Crippen molar-refractivity contribution in [3.8, 4) is 22.9 Å². The van der Waals surface area contributed by atoms with Crippen molar-refractivity contribution < 1.29 is 32.7 Å². The third-order valence-electron chi connectivity index (χ3n) is 5.88. The van der Waals surface area contributed by atoms with Gasteiger partial charge in [-0.15, -0.1) is 0 Å². The van der Waals surface area contributed by atoms with Crippen LogP contribution in [-0.4, -0.2) is 43.5 Å². The molecule has 3 aromatic rings. The highest BCUT2D eigenvalue weighted by Gasteiger charge is 2.28. The summed E-state index contributed by atoms with van der Waals surface area (Å²) in [4.78, 5) is 23.5. The van der Waals surface area contributed by atoms with E-state index in [1.165, 1.54) is 17.7 Å². The number of carbonyl (C=O) groups is 1. The van der Waals surface area contributed by atoms with E-state index in [2.05, 4.69) is 6.07 Å². The van der Waals surface area contributed by atoms with Crippen molar-refractivity contribution in [1.29, 1.82) is 5.26 Å². The van der Waals surface area contributed by atoms with E-state index in [9.17, 15) is 23.2 Å². The molecule has 1 aromatic heterocycles. The van der Waals surface area contributed by atoms with Crippen molar-refractivity contribution in [2.45, 2.75) is 25.6 Å². The topological polar surface area (TPSA) is 99.6 Å². The molecule has 4 rings (SSSR count). The zero-order valence-corrected chi connectivity index (χ0v) is 19.0. The molecule has 0 bridgehead atoms. The number of nitriles is 1. The van der Waals surface area contributed by atoms with E-state index in [-0.39, 0.29) is 5.56 Å². The van der Waals surface area contributed by atoms with Crippen molar-refractivity contribution in [2.24, 2.45) is 0 Å². The van der Waals surface area contributed by atoms with Crippen LogP contribution < -0.4 is 20.3 Å². The predicted molar refractivity (Wildman–Crippen MR) is 121 cm³/mol. The number of hydrogen-bond donors (Lipinski definition) is 1. The number of carboxylic acid groups (broad SMARTS) is 1. The number of halogens is 3. The first-order valence-electron chi connectivity index (χ1n) is 11.0. The Morgan fingerprint density at radius 1 is 1.14 bits per heavy atom. The molecule has 0 radical (unpaired) electrons. The highest BCUT2D eigenvalue weighted by atomic mass is 19.4. The Bertz CT molecular complexity index is 1290. The number of likely N-dealkylation sites (tertiary alicyclic amines) is 1. The quantitative estimate of drug-likeness (QED) is 0.589. The maximum Gasteiger partial charge on any atom is 0.430 e. The Morgan fingerprint density at radius 3 is 2.31 bits per heavy atom. The molecule has 1 fully saturated rings. The van der Waals surface area contributed by atoms with E-state index in [1.807, 2.05) is 42.5 Å². The summed E-state index contributed by atoms with van der Waals surface area (Å²) in [5, 5.41) is 20.2. The van der Waals surface area contributed by atoms with E-state index in [0.29, 0.717) is 23.4 Å². The van der Waals surface area contributed by atoms with Gasteiger partial charge in [0.2, 0.25) is 0 Å². The SMILES string of the molecule is COc1ccc2c(=O)n(CC[NH+]3CCCC3)c(C#N)c(-c3ccccc3)c2c1.O=C([O-])C(F)(F)F. The molecule has 1 aliphatic rings. The number of fused-ring (bicyclic) bond motifs is 1. The lowest BCUT2D eigenvalue weighted by Gasteiger charge is -2.18. The van der Waals surface area contributed by atoms with Crippen molar-refractivity contribution in [3.05, 3.63) is 64.6 Å². The van der Waals surface area contributed by atoms with Crippen molar-refractivity contribution in [2.75, 3.05) is 26.7 Å². The van der Waals surface area contributed by atoms with Crippen molar-refractivity contribution in [3.63, 3.8) is 0 Å². The van der Waals surface area contributed by atoms with E-state index < -0.39 is 12.1 Å². The first-order chi connectivity index (χ1) is 16.7. The second-order valence-electron chi connectivity index (χ2n) is 8.06. The summed E-state index contributed by atoms with van der Waals surface area (Å²) in [5.41, 5.74) is 2.05.